The molecule has 1 aromatic rings. The van der Waals surface area contributed by atoms with E-state index < -0.39 is 5.97 Å². The largest absolute Gasteiger partial charge is 0.481 e. The molecule has 98 valence electrons. The fourth-order valence-corrected chi connectivity index (χ4v) is 3.59. The Morgan fingerprint density at radius 3 is 2.83 bits per heavy atom. The monoisotopic (exact) mass is 331 g/mol. The van der Waals surface area contributed by atoms with Crippen molar-refractivity contribution in [2.45, 2.75) is 31.7 Å². The highest BCUT2D eigenvalue weighted by molar-refractivity contribution is 9.11. The van der Waals surface area contributed by atoms with Crippen LogP contribution in [0.2, 0.25) is 0 Å². The number of halogens is 1. The van der Waals surface area contributed by atoms with Crippen LogP contribution in [0.15, 0.2) is 15.9 Å². The van der Waals surface area contributed by atoms with Crippen LogP contribution in [0.5, 0.6) is 0 Å². The van der Waals surface area contributed by atoms with Crippen molar-refractivity contribution in [2.75, 3.05) is 6.54 Å². The number of rotatable bonds is 3. The summed E-state index contributed by atoms with van der Waals surface area (Å²) in [6, 6.07) is 3.46. The second kappa shape index (κ2) is 5.84. The molecule has 1 amide bonds. The van der Waals surface area contributed by atoms with Gasteiger partial charge in [-0.3, -0.25) is 9.59 Å². The number of likely N-dealkylation sites (tertiary alicyclic amines) is 1. The van der Waals surface area contributed by atoms with E-state index in [1.54, 1.807) is 11.0 Å². The lowest BCUT2D eigenvalue weighted by molar-refractivity contribution is -0.138. The molecule has 1 unspecified atom stereocenters. The van der Waals surface area contributed by atoms with Gasteiger partial charge in [0.1, 0.15) is 0 Å². The van der Waals surface area contributed by atoms with E-state index in [4.69, 9.17) is 5.11 Å². The van der Waals surface area contributed by atoms with Crippen molar-refractivity contribution < 1.29 is 14.7 Å². The van der Waals surface area contributed by atoms with Gasteiger partial charge in [-0.2, -0.15) is 0 Å². The lowest BCUT2D eigenvalue weighted by Gasteiger charge is -2.34. The van der Waals surface area contributed by atoms with E-state index in [1.165, 1.54) is 11.3 Å². The Labute approximate surface area is 118 Å². The third kappa shape index (κ3) is 3.11. The Bertz CT molecular complexity index is 460. The number of aliphatic carboxylic acids is 1. The predicted octanol–water partition coefficient (Wildman–Crippen LogP) is 2.98. The van der Waals surface area contributed by atoms with Crippen LogP contribution in [0.3, 0.4) is 0 Å². The second-order valence-electron chi connectivity index (χ2n) is 4.35. The number of carboxylic acid groups (broad SMARTS) is 1. The molecule has 1 N–H and O–H groups in total. The number of piperidine rings is 1. The van der Waals surface area contributed by atoms with Gasteiger partial charge < -0.3 is 10.0 Å². The highest BCUT2D eigenvalue weighted by atomic mass is 79.9. The summed E-state index contributed by atoms with van der Waals surface area (Å²) >= 11 is 4.72. The number of carbonyl (C=O) groups is 2. The Hall–Kier alpha value is -0.880. The summed E-state index contributed by atoms with van der Waals surface area (Å²) in [4.78, 5) is 25.5. The van der Waals surface area contributed by atoms with Gasteiger partial charge in [-0.1, -0.05) is 0 Å². The fraction of sp³-hybridized carbons (Fsp3) is 0.500. The summed E-state index contributed by atoms with van der Waals surface area (Å²) in [5, 5.41) is 8.90. The maximum Gasteiger partial charge on any atom is 0.305 e. The van der Waals surface area contributed by atoms with Crippen molar-refractivity contribution >= 4 is 39.1 Å². The van der Waals surface area contributed by atoms with E-state index in [0.717, 1.165) is 23.0 Å². The molecule has 2 heterocycles. The zero-order chi connectivity index (χ0) is 13.1. The molecule has 18 heavy (non-hydrogen) atoms. The van der Waals surface area contributed by atoms with Crippen molar-refractivity contribution in [3.05, 3.63) is 20.8 Å². The molecule has 0 aliphatic carbocycles. The quantitative estimate of drug-likeness (QED) is 0.926. The van der Waals surface area contributed by atoms with Gasteiger partial charge in [0.05, 0.1) is 15.1 Å². The van der Waals surface area contributed by atoms with Gasteiger partial charge in [-0.25, -0.2) is 0 Å². The summed E-state index contributed by atoms with van der Waals surface area (Å²) in [6.45, 7) is 0.659. The topological polar surface area (TPSA) is 57.6 Å². The summed E-state index contributed by atoms with van der Waals surface area (Å²) in [5.41, 5.74) is 0. The average Bonchev–Trinajstić information content (AvgIpc) is 2.75. The van der Waals surface area contributed by atoms with Crippen molar-refractivity contribution in [1.82, 2.24) is 4.90 Å². The van der Waals surface area contributed by atoms with Crippen LogP contribution in [0.1, 0.15) is 35.4 Å². The molecule has 1 aliphatic rings. The molecular formula is C12H14BrNO3S. The molecule has 4 nitrogen and oxygen atoms in total. The molecule has 0 aromatic carbocycles. The molecule has 0 bridgehead atoms. The van der Waals surface area contributed by atoms with Crippen LogP contribution in [0, 0.1) is 0 Å². The van der Waals surface area contributed by atoms with Crippen LogP contribution in [0.4, 0.5) is 0 Å². The highest BCUT2D eigenvalue weighted by Gasteiger charge is 2.29. The first-order valence-electron chi connectivity index (χ1n) is 5.86. The summed E-state index contributed by atoms with van der Waals surface area (Å²) in [7, 11) is 0. The van der Waals surface area contributed by atoms with E-state index in [9.17, 15) is 9.59 Å². The predicted molar refractivity (Wildman–Crippen MR) is 72.9 cm³/mol. The molecule has 0 radical (unpaired) electrons. The summed E-state index contributed by atoms with van der Waals surface area (Å²) < 4.78 is 0.914. The first-order chi connectivity index (χ1) is 8.58. The van der Waals surface area contributed by atoms with Crippen LogP contribution < -0.4 is 0 Å². The smallest absolute Gasteiger partial charge is 0.305 e. The Morgan fingerprint density at radius 2 is 2.22 bits per heavy atom. The van der Waals surface area contributed by atoms with E-state index in [1.807, 2.05) is 6.07 Å². The highest BCUT2D eigenvalue weighted by Crippen LogP contribution is 2.27. The normalized spacial score (nSPS) is 19.8. The number of nitrogens with zero attached hydrogens (tertiary/aromatic N) is 1. The zero-order valence-electron chi connectivity index (χ0n) is 9.76. The third-order valence-electron chi connectivity index (χ3n) is 3.08. The first kappa shape index (κ1) is 13.5. The molecule has 6 heteroatoms. The Morgan fingerprint density at radius 1 is 1.44 bits per heavy atom. The zero-order valence-corrected chi connectivity index (χ0v) is 12.2. The van der Waals surface area contributed by atoms with E-state index >= 15 is 0 Å². The maximum absolute atomic E-state index is 12.3. The first-order valence-corrected chi connectivity index (χ1v) is 7.47. The number of carbonyl (C=O) groups excluding carboxylic acids is 1. The lowest BCUT2D eigenvalue weighted by atomic mass is 9.99. The summed E-state index contributed by atoms with van der Waals surface area (Å²) in [6.07, 6.45) is 2.77. The average molecular weight is 332 g/mol. The molecule has 1 fully saturated rings. The number of thiophene rings is 1. The van der Waals surface area contributed by atoms with Gasteiger partial charge >= 0.3 is 5.97 Å². The molecule has 2 rings (SSSR count). The minimum atomic E-state index is -0.841. The van der Waals surface area contributed by atoms with E-state index in [0.29, 0.717) is 11.4 Å². The van der Waals surface area contributed by atoms with Gasteiger partial charge in [-0.15, -0.1) is 11.3 Å². The molecule has 0 saturated carbocycles. The molecule has 1 saturated heterocycles. The van der Waals surface area contributed by atoms with Crippen molar-refractivity contribution in [3.63, 3.8) is 0 Å². The van der Waals surface area contributed by atoms with Crippen LogP contribution in [-0.2, 0) is 4.79 Å². The van der Waals surface area contributed by atoms with E-state index in [-0.39, 0.29) is 18.4 Å². The Balaban J connectivity index is 2.13. The lowest BCUT2D eigenvalue weighted by Crippen LogP contribution is -2.44. The van der Waals surface area contributed by atoms with Gasteiger partial charge in [-0.05, 0) is 47.3 Å². The van der Waals surface area contributed by atoms with Crippen molar-refractivity contribution in [3.8, 4) is 0 Å². The fourth-order valence-electron chi connectivity index (χ4n) is 2.25. The van der Waals surface area contributed by atoms with Gasteiger partial charge in [0.2, 0.25) is 0 Å². The SMILES string of the molecule is O=C(O)CC1CCCCN1C(=O)c1ccc(Br)s1. The second-order valence-corrected chi connectivity index (χ2v) is 6.81. The third-order valence-corrected chi connectivity index (χ3v) is 4.69. The molecule has 1 aromatic heterocycles. The molecule has 1 atom stereocenters. The number of hydrogen-bond acceptors (Lipinski definition) is 3. The van der Waals surface area contributed by atoms with Crippen molar-refractivity contribution in [2.24, 2.45) is 0 Å². The summed E-state index contributed by atoms with van der Waals surface area (Å²) in [5.74, 6) is -0.885. The minimum absolute atomic E-state index is 0.0400. The van der Waals surface area contributed by atoms with E-state index in [2.05, 4.69) is 15.9 Å². The molecular weight excluding hydrogens is 318 g/mol. The number of hydrogen-bond donors (Lipinski definition) is 1. The minimum Gasteiger partial charge on any atom is -0.481 e. The Kier molecular flexibility index (Phi) is 4.40. The van der Waals surface area contributed by atoms with Crippen LogP contribution in [-0.4, -0.2) is 34.5 Å². The maximum atomic E-state index is 12.3. The van der Waals surface area contributed by atoms with Gasteiger partial charge in [0.15, 0.2) is 0 Å². The number of amides is 1. The van der Waals surface area contributed by atoms with Gasteiger partial charge in [0, 0.05) is 12.6 Å². The molecule has 0 spiro atoms. The standard InChI is InChI=1S/C12H14BrNO3S/c13-10-5-4-9(18-10)12(17)14-6-2-1-3-8(14)7-11(15)16/h4-5,8H,1-3,6-7H2,(H,15,16). The van der Waals surface area contributed by atoms with Crippen LogP contribution in [0.25, 0.3) is 0 Å². The van der Waals surface area contributed by atoms with Gasteiger partial charge in [0.25, 0.3) is 5.91 Å². The van der Waals surface area contributed by atoms with Crippen LogP contribution >= 0.6 is 27.3 Å². The molecule has 1 aliphatic heterocycles. The van der Waals surface area contributed by atoms with Crippen molar-refractivity contribution in [1.29, 1.82) is 0 Å². The number of carboxylic acids is 1.